The molecular weight excluding hydrogens is 324 g/mol. The minimum atomic E-state index is -3.70. The largest absolute Gasteiger partial charge is 0.392 e. The average molecular weight is 339 g/mol. The van der Waals surface area contributed by atoms with E-state index in [4.69, 9.17) is 0 Å². The van der Waals surface area contributed by atoms with Crippen LogP contribution in [0.15, 0.2) is 9.63 Å². The summed E-state index contributed by atoms with van der Waals surface area (Å²) in [5.41, 5.74) is -0.467. The molecule has 1 aromatic heterocycles. The van der Waals surface area contributed by atoms with E-state index in [0.717, 1.165) is 0 Å². The molecule has 2 atom stereocenters. The molecule has 2 unspecified atom stereocenters. The number of halogens is 1. The maximum absolute atomic E-state index is 12.2. The summed E-state index contributed by atoms with van der Waals surface area (Å²) in [7, 11) is -2.20. The van der Waals surface area contributed by atoms with E-state index < -0.39 is 21.5 Å². The Morgan fingerprint density at radius 1 is 1.56 bits per heavy atom. The van der Waals surface area contributed by atoms with Gasteiger partial charge in [0.1, 0.15) is 0 Å². The van der Waals surface area contributed by atoms with Gasteiger partial charge in [0.25, 0.3) is 10.0 Å². The lowest BCUT2D eigenvalue weighted by atomic mass is 9.65. The zero-order chi connectivity index (χ0) is 13.7. The highest BCUT2D eigenvalue weighted by Gasteiger charge is 2.49. The third kappa shape index (κ3) is 2.09. The molecule has 1 aromatic rings. The first-order valence-electron chi connectivity index (χ1n) is 5.42. The molecule has 0 bridgehead atoms. The molecule has 0 aliphatic heterocycles. The van der Waals surface area contributed by atoms with Gasteiger partial charge in [-0.2, -0.15) is 0 Å². The van der Waals surface area contributed by atoms with E-state index in [0.29, 0.717) is 6.42 Å². The molecular formula is C9H15BrN4O3S. The fourth-order valence-electron chi connectivity index (χ4n) is 1.95. The molecule has 7 nitrogen and oxygen atoms in total. The zero-order valence-corrected chi connectivity index (χ0v) is 12.7. The molecule has 1 aliphatic carbocycles. The number of nitrogens with one attached hydrogen (secondary N) is 1. The minimum Gasteiger partial charge on any atom is -0.392 e. The summed E-state index contributed by atoms with van der Waals surface area (Å²) in [6.45, 7) is 3.65. The van der Waals surface area contributed by atoms with Crippen molar-refractivity contribution in [2.75, 3.05) is 0 Å². The van der Waals surface area contributed by atoms with Crippen LogP contribution in [0.5, 0.6) is 0 Å². The molecule has 2 N–H and O–H groups in total. The van der Waals surface area contributed by atoms with Gasteiger partial charge in [-0.1, -0.05) is 19.1 Å². The Bertz CT molecular complexity index is 549. The van der Waals surface area contributed by atoms with Gasteiger partial charge in [-0.3, -0.25) is 0 Å². The maximum Gasteiger partial charge on any atom is 0.260 e. The number of aromatic nitrogens is 3. The number of hydrogen-bond donors (Lipinski definition) is 2. The first kappa shape index (κ1) is 13.9. The summed E-state index contributed by atoms with van der Waals surface area (Å²) in [6, 6.07) is -0.292. The smallest absolute Gasteiger partial charge is 0.260 e. The van der Waals surface area contributed by atoms with E-state index in [2.05, 4.69) is 31.0 Å². The van der Waals surface area contributed by atoms with Crippen LogP contribution in [-0.4, -0.2) is 40.7 Å². The van der Waals surface area contributed by atoms with Crippen LogP contribution in [0.25, 0.3) is 0 Å². The van der Waals surface area contributed by atoms with Crippen LogP contribution in [0.1, 0.15) is 20.3 Å². The van der Waals surface area contributed by atoms with Crippen molar-refractivity contribution in [3.05, 3.63) is 4.60 Å². The third-order valence-corrected chi connectivity index (χ3v) is 5.86. The zero-order valence-electron chi connectivity index (χ0n) is 10.3. The Morgan fingerprint density at radius 3 is 2.56 bits per heavy atom. The maximum atomic E-state index is 12.2. The minimum absolute atomic E-state index is 0.0142. The Morgan fingerprint density at radius 2 is 2.17 bits per heavy atom. The molecule has 0 aromatic carbocycles. The van der Waals surface area contributed by atoms with Gasteiger partial charge in [0.2, 0.25) is 5.03 Å². The Labute approximate surface area is 114 Å². The highest BCUT2D eigenvalue weighted by Crippen LogP contribution is 2.41. The highest BCUT2D eigenvalue weighted by atomic mass is 79.9. The number of nitrogens with zero attached hydrogens (tertiary/aromatic N) is 3. The fraction of sp³-hybridized carbons (Fsp3) is 0.778. The fourth-order valence-corrected chi connectivity index (χ4v) is 4.45. The molecule has 1 fully saturated rings. The molecule has 0 radical (unpaired) electrons. The number of hydrogen-bond acceptors (Lipinski definition) is 5. The van der Waals surface area contributed by atoms with Gasteiger partial charge in [-0.15, -0.1) is 5.10 Å². The van der Waals surface area contributed by atoms with Crippen LogP contribution in [0.2, 0.25) is 0 Å². The van der Waals surface area contributed by atoms with Crippen LogP contribution in [-0.2, 0) is 17.1 Å². The molecule has 102 valence electrons. The van der Waals surface area contributed by atoms with Crippen molar-refractivity contribution >= 4 is 26.0 Å². The molecule has 2 rings (SSSR count). The summed E-state index contributed by atoms with van der Waals surface area (Å²) < 4.78 is 28.4. The van der Waals surface area contributed by atoms with Crippen molar-refractivity contribution in [1.29, 1.82) is 0 Å². The van der Waals surface area contributed by atoms with Crippen molar-refractivity contribution in [2.24, 2.45) is 12.5 Å². The van der Waals surface area contributed by atoms with E-state index in [1.165, 1.54) is 11.7 Å². The SMILES string of the molecule is Cn1nnc(Br)c1S(=O)(=O)NC1CC(O)C1(C)C. The highest BCUT2D eigenvalue weighted by molar-refractivity contribution is 9.10. The molecule has 0 amide bonds. The summed E-state index contributed by atoms with van der Waals surface area (Å²) in [5.74, 6) is 0. The van der Waals surface area contributed by atoms with Crippen molar-refractivity contribution in [1.82, 2.24) is 19.7 Å². The molecule has 9 heteroatoms. The summed E-state index contributed by atoms with van der Waals surface area (Å²) in [5, 5.41) is 16.9. The van der Waals surface area contributed by atoms with Gasteiger partial charge in [0.15, 0.2) is 4.60 Å². The molecule has 0 saturated heterocycles. The monoisotopic (exact) mass is 338 g/mol. The lowest BCUT2D eigenvalue weighted by Crippen LogP contribution is -2.61. The van der Waals surface area contributed by atoms with Crippen molar-refractivity contribution < 1.29 is 13.5 Å². The predicted octanol–water partition coefficient (Wildman–Crippen LogP) is 0.0153. The summed E-state index contributed by atoms with van der Waals surface area (Å²) in [4.78, 5) is 0. The van der Waals surface area contributed by atoms with Gasteiger partial charge in [0.05, 0.1) is 6.10 Å². The van der Waals surface area contributed by atoms with Crippen LogP contribution in [0, 0.1) is 5.41 Å². The van der Waals surface area contributed by atoms with Gasteiger partial charge in [-0.05, 0) is 22.4 Å². The average Bonchev–Trinajstić information content (AvgIpc) is 2.58. The van der Waals surface area contributed by atoms with Gasteiger partial charge < -0.3 is 5.11 Å². The van der Waals surface area contributed by atoms with Crippen LogP contribution >= 0.6 is 15.9 Å². The number of aliphatic hydroxyl groups excluding tert-OH is 1. The van der Waals surface area contributed by atoms with Crippen LogP contribution in [0.3, 0.4) is 0 Å². The Kier molecular flexibility index (Phi) is 3.29. The van der Waals surface area contributed by atoms with Gasteiger partial charge >= 0.3 is 0 Å². The van der Waals surface area contributed by atoms with Crippen molar-refractivity contribution in [2.45, 2.75) is 37.4 Å². The Balaban J connectivity index is 2.25. The summed E-state index contributed by atoms with van der Waals surface area (Å²) in [6.07, 6.45) is -0.0758. The second-order valence-corrected chi connectivity index (χ2v) is 7.44. The first-order valence-corrected chi connectivity index (χ1v) is 7.69. The van der Waals surface area contributed by atoms with Crippen molar-refractivity contribution in [3.8, 4) is 0 Å². The molecule has 1 aliphatic rings. The van der Waals surface area contributed by atoms with E-state index in [-0.39, 0.29) is 15.7 Å². The second-order valence-electron chi connectivity index (χ2n) is 5.06. The van der Waals surface area contributed by atoms with Gasteiger partial charge in [0, 0.05) is 18.5 Å². The molecule has 0 spiro atoms. The normalized spacial score (nSPS) is 26.9. The van der Waals surface area contributed by atoms with Crippen molar-refractivity contribution in [3.63, 3.8) is 0 Å². The van der Waals surface area contributed by atoms with E-state index in [9.17, 15) is 13.5 Å². The number of sulfonamides is 1. The molecule has 1 saturated carbocycles. The van der Waals surface area contributed by atoms with E-state index in [1.54, 1.807) is 0 Å². The second kappa shape index (κ2) is 4.26. The number of rotatable bonds is 3. The topological polar surface area (TPSA) is 97.1 Å². The molecule has 1 heterocycles. The van der Waals surface area contributed by atoms with Crippen LogP contribution in [0.4, 0.5) is 0 Å². The number of aliphatic hydroxyl groups is 1. The van der Waals surface area contributed by atoms with Crippen LogP contribution < -0.4 is 4.72 Å². The quantitative estimate of drug-likeness (QED) is 0.809. The Hall–Kier alpha value is -0.510. The lowest BCUT2D eigenvalue weighted by Gasteiger charge is -2.49. The van der Waals surface area contributed by atoms with Gasteiger partial charge in [-0.25, -0.2) is 17.8 Å². The predicted molar refractivity (Wildman–Crippen MR) is 67.2 cm³/mol. The first-order chi connectivity index (χ1) is 8.16. The molecule has 18 heavy (non-hydrogen) atoms. The standard InChI is InChI=1S/C9H15BrN4O3S/c1-9(2)5(4-6(9)15)12-18(16,17)8-7(10)11-13-14(8)3/h5-6,12,15H,4H2,1-3H3. The number of aryl methyl sites for hydroxylation is 1. The van der Waals surface area contributed by atoms with E-state index in [1.807, 2.05) is 13.8 Å². The lowest BCUT2D eigenvalue weighted by molar-refractivity contribution is -0.0645. The van der Waals surface area contributed by atoms with E-state index >= 15 is 0 Å². The summed E-state index contributed by atoms with van der Waals surface area (Å²) >= 11 is 3.06. The third-order valence-electron chi connectivity index (χ3n) is 3.50.